The first-order valence-corrected chi connectivity index (χ1v) is 11.5. The molecule has 0 heterocycles. The minimum absolute atomic E-state index is 0.000413. The second-order valence-corrected chi connectivity index (χ2v) is 9.08. The van der Waals surface area contributed by atoms with Gasteiger partial charge in [0.2, 0.25) is 5.91 Å². The maximum atomic E-state index is 14.0. The van der Waals surface area contributed by atoms with Gasteiger partial charge in [0.05, 0.1) is 30.4 Å². The Morgan fingerprint density at radius 2 is 1.53 bits per heavy atom. The van der Waals surface area contributed by atoms with Gasteiger partial charge in [-0.15, -0.1) is 0 Å². The van der Waals surface area contributed by atoms with E-state index in [1.165, 1.54) is 20.3 Å². The number of rotatable bonds is 8. The predicted molar refractivity (Wildman–Crippen MR) is 121 cm³/mol. The van der Waals surface area contributed by atoms with Crippen molar-refractivity contribution in [1.29, 1.82) is 0 Å². The van der Waals surface area contributed by atoms with Crippen molar-refractivity contribution in [3.63, 3.8) is 0 Å². The summed E-state index contributed by atoms with van der Waals surface area (Å²) in [6.45, 7) is -1.11. The van der Waals surface area contributed by atoms with Crippen LogP contribution in [0.1, 0.15) is 5.56 Å². The third-order valence-electron chi connectivity index (χ3n) is 4.92. The highest BCUT2D eigenvalue weighted by Gasteiger charge is 2.34. The molecule has 3 rings (SSSR count). The van der Waals surface area contributed by atoms with Crippen LogP contribution in [0, 0.1) is 11.6 Å². The van der Waals surface area contributed by atoms with Crippen LogP contribution in [0.5, 0.6) is 11.5 Å². The summed E-state index contributed by atoms with van der Waals surface area (Å²) in [6.07, 6.45) is -4.81. The summed E-state index contributed by atoms with van der Waals surface area (Å²) in [5, 5.41) is 1.93. The molecule has 7 nitrogen and oxygen atoms in total. The fraction of sp³-hybridized carbons (Fsp3) is 0.174. The predicted octanol–water partition coefficient (Wildman–Crippen LogP) is 4.83. The number of nitrogens with one attached hydrogen (secondary N) is 1. The summed E-state index contributed by atoms with van der Waals surface area (Å²) in [6, 6.07) is 9.47. The van der Waals surface area contributed by atoms with Gasteiger partial charge in [-0.1, -0.05) is 12.1 Å². The Hall–Kier alpha value is -3.87. The Bertz CT molecular complexity index is 1360. The Labute approximate surface area is 203 Å². The van der Waals surface area contributed by atoms with Gasteiger partial charge in [0.25, 0.3) is 10.0 Å². The number of carbonyl (C=O) groups is 1. The lowest BCUT2D eigenvalue weighted by Crippen LogP contribution is -2.38. The molecule has 0 aromatic heterocycles. The normalized spacial score (nSPS) is 11.6. The number of halogens is 5. The summed E-state index contributed by atoms with van der Waals surface area (Å²) in [5.74, 6) is -3.29. The number of amides is 1. The minimum atomic E-state index is -4.81. The molecule has 36 heavy (non-hydrogen) atoms. The first-order chi connectivity index (χ1) is 16.9. The van der Waals surface area contributed by atoms with Gasteiger partial charge in [-0.2, -0.15) is 13.2 Å². The number of para-hydroxylation sites is 1. The molecule has 3 aromatic carbocycles. The number of sulfonamides is 1. The molecule has 13 heteroatoms. The molecule has 0 unspecified atom stereocenters. The summed E-state index contributed by atoms with van der Waals surface area (Å²) < 4.78 is 105. The molecule has 0 saturated heterocycles. The number of anilines is 2. The molecule has 0 aliphatic carbocycles. The van der Waals surface area contributed by atoms with Crippen LogP contribution in [0.3, 0.4) is 0 Å². The molecule has 1 N–H and O–H groups in total. The van der Waals surface area contributed by atoms with E-state index in [0.717, 1.165) is 48.5 Å². The zero-order valence-corrected chi connectivity index (χ0v) is 19.6. The molecule has 0 radical (unpaired) electrons. The maximum Gasteiger partial charge on any atom is 0.416 e. The van der Waals surface area contributed by atoms with E-state index in [-0.39, 0.29) is 11.5 Å². The molecule has 0 aliphatic heterocycles. The number of ether oxygens (including phenoxy) is 2. The van der Waals surface area contributed by atoms with Crippen molar-refractivity contribution in [3.8, 4) is 11.5 Å². The second-order valence-electron chi connectivity index (χ2n) is 7.22. The number of nitrogens with zero attached hydrogens (tertiary/aromatic N) is 1. The van der Waals surface area contributed by atoms with E-state index in [0.29, 0.717) is 10.4 Å². The summed E-state index contributed by atoms with van der Waals surface area (Å²) in [5.41, 5.74) is -2.52. The lowest BCUT2D eigenvalue weighted by Gasteiger charge is -2.25. The largest absolute Gasteiger partial charge is 0.493 e. The average Bonchev–Trinajstić information content (AvgIpc) is 2.83. The fourth-order valence-corrected chi connectivity index (χ4v) is 4.61. The van der Waals surface area contributed by atoms with E-state index in [4.69, 9.17) is 9.47 Å². The van der Waals surface area contributed by atoms with E-state index in [9.17, 15) is 35.2 Å². The first kappa shape index (κ1) is 26.7. The van der Waals surface area contributed by atoms with E-state index >= 15 is 0 Å². The maximum absolute atomic E-state index is 14.0. The van der Waals surface area contributed by atoms with Crippen molar-refractivity contribution in [2.24, 2.45) is 0 Å². The second kappa shape index (κ2) is 10.4. The van der Waals surface area contributed by atoms with Crippen molar-refractivity contribution < 1.29 is 44.6 Å². The summed E-state index contributed by atoms with van der Waals surface area (Å²) >= 11 is 0. The van der Waals surface area contributed by atoms with Crippen molar-refractivity contribution in [3.05, 3.63) is 77.9 Å². The highest BCUT2D eigenvalue weighted by atomic mass is 32.2. The van der Waals surface area contributed by atoms with Gasteiger partial charge in [-0.3, -0.25) is 9.10 Å². The average molecular weight is 530 g/mol. The smallest absolute Gasteiger partial charge is 0.416 e. The highest BCUT2D eigenvalue weighted by Crippen LogP contribution is 2.35. The SMILES string of the molecule is COc1ccc(S(=O)(=O)N(CC(=O)Nc2c(F)cccc2F)c2cccc(C(F)(F)F)c2)cc1OC. The number of carbonyl (C=O) groups excluding carboxylic acids is 1. The number of alkyl halides is 3. The quantitative estimate of drug-likeness (QED) is 0.422. The van der Waals surface area contributed by atoms with Crippen molar-refractivity contribution >= 4 is 27.3 Å². The molecule has 0 spiro atoms. The molecular weight excluding hydrogens is 511 g/mol. The molecule has 0 aliphatic rings. The van der Waals surface area contributed by atoms with E-state index < -0.39 is 62.1 Å². The van der Waals surface area contributed by atoms with Crippen LogP contribution < -0.4 is 19.1 Å². The van der Waals surface area contributed by atoms with Gasteiger partial charge >= 0.3 is 6.18 Å². The van der Waals surface area contributed by atoms with Crippen LogP contribution in [0.15, 0.2) is 65.6 Å². The molecule has 0 bridgehead atoms. The Morgan fingerprint density at radius 3 is 2.11 bits per heavy atom. The van der Waals surface area contributed by atoms with Crippen LogP contribution in [-0.4, -0.2) is 35.1 Å². The van der Waals surface area contributed by atoms with Gasteiger partial charge in [0, 0.05) is 6.07 Å². The lowest BCUT2D eigenvalue weighted by molar-refractivity contribution is -0.137. The monoisotopic (exact) mass is 530 g/mol. The minimum Gasteiger partial charge on any atom is -0.493 e. The highest BCUT2D eigenvalue weighted by molar-refractivity contribution is 7.92. The number of benzene rings is 3. The van der Waals surface area contributed by atoms with Crippen molar-refractivity contribution in [2.75, 3.05) is 30.4 Å². The van der Waals surface area contributed by atoms with Gasteiger partial charge in [0.1, 0.15) is 23.9 Å². The van der Waals surface area contributed by atoms with E-state index in [1.54, 1.807) is 0 Å². The molecule has 192 valence electrons. The lowest BCUT2D eigenvalue weighted by atomic mass is 10.2. The van der Waals surface area contributed by atoms with Gasteiger partial charge in [-0.25, -0.2) is 17.2 Å². The molecule has 0 saturated carbocycles. The van der Waals surface area contributed by atoms with Gasteiger partial charge in [-0.05, 0) is 42.5 Å². The topological polar surface area (TPSA) is 84.9 Å². The van der Waals surface area contributed by atoms with Gasteiger partial charge in [0.15, 0.2) is 11.5 Å². The zero-order valence-electron chi connectivity index (χ0n) is 18.8. The third kappa shape index (κ3) is 5.67. The van der Waals surface area contributed by atoms with Crippen LogP contribution in [-0.2, 0) is 21.0 Å². The number of hydrogen-bond acceptors (Lipinski definition) is 5. The zero-order chi connectivity index (χ0) is 26.7. The first-order valence-electron chi connectivity index (χ1n) is 10.0. The van der Waals surface area contributed by atoms with Gasteiger partial charge < -0.3 is 14.8 Å². The molecule has 1 amide bonds. The number of methoxy groups -OCH3 is 2. The summed E-state index contributed by atoms with van der Waals surface area (Å²) in [7, 11) is -2.14. The van der Waals surface area contributed by atoms with Crippen molar-refractivity contribution in [2.45, 2.75) is 11.1 Å². The molecule has 3 aromatic rings. The van der Waals surface area contributed by atoms with Crippen LogP contribution in [0.2, 0.25) is 0 Å². The van der Waals surface area contributed by atoms with E-state index in [1.807, 2.05) is 5.32 Å². The van der Waals surface area contributed by atoms with Crippen molar-refractivity contribution in [1.82, 2.24) is 0 Å². The molecular formula is C23H19F5N2O5S. The summed E-state index contributed by atoms with van der Waals surface area (Å²) in [4.78, 5) is 12.2. The molecule has 0 fully saturated rings. The Balaban J connectivity index is 2.09. The van der Waals surface area contributed by atoms with Crippen LogP contribution in [0.25, 0.3) is 0 Å². The fourth-order valence-electron chi connectivity index (χ4n) is 3.18. The Kier molecular flexibility index (Phi) is 7.72. The Morgan fingerprint density at radius 1 is 0.917 bits per heavy atom. The van der Waals surface area contributed by atoms with Crippen LogP contribution >= 0.6 is 0 Å². The van der Waals surface area contributed by atoms with Crippen LogP contribution in [0.4, 0.5) is 33.3 Å². The third-order valence-corrected chi connectivity index (χ3v) is 6.69. The molecule has 0 atom stereocenters. The number of hydrogen-bond donors (Lipinski definition) is 1. The van der Waals surface area contributed by atoms with E-state index in [2.05, 4.69) is 0 Å². The standard InChI is InChI=1S/C23H19F5N2O5S/c1-34-19-10-9-16(12-20(19)35-2)36(32,33)30(15-6-3-5-14(11-15)23(26,27)28)13-21(31)29-22-17(24)7-4-8-18(22)25/h3-12H,13H2,1-2H3,(H,29,31).